The Balaban J connectivity index is 1.91. The van der Waals surface area contributed by atoms with Crippen LogP contribution in [0.15, 0.2) is 4.99 Å². The molecule has 0 spiro atoms. The third-order valence-electron chi connectivity index (χ3n) is 5.09. The number of aliphatic imine (C=N–C) groups is 1. The number of hydrazine groups is 1. The van der Waals surface area contributed by atoms with Crippen molar-refractivity contribution in [3.05, 3.63) is 0 Å². The molecule has 0 saturated heterocycles. The summed E-state index contributed by atoms with van der Waals surface area (Å²) in [5.41, 5.74) is 2.77. The molecular weight excluding hydrogens is 236 g/mol. The molecule has 0 aromatic heterocycles. The molecule has 0 aromatic carbocycles. The molecule has 3 atom stereocenters. The maximum atomic E-state index is 5.64. The summed E-state index contributed by atoms with van der Waals surface area (Å²) >= 11 is 0. The lowest BCUT2D eigenvalue weighted by Gasteiger charge is -2.25. The molecule has 0 radical (unpaired) electrons. The Kier molecular flexibility index (Phi) is 5.49. The SMILES string of the molecule is CCC1CCC(N=C(NN)NC2CCCCC2)C1C. The third kappa shape index (κ3) is 3.85. The van der Waals surface area contributed by atoms with Crippen LogP contribution in [0.1, 0.15) is 65.2 Å². The Bertz CT molecular complexity index is 297. The van der Waals surface area contributed by atoms with Crippen LogP contribution in [0.25, 0.3) is 0 Å². The average molecular weight is 266 g/mol. The van der Waals surface area contributed by atoms with Crippen LogP contribution in [0.2, 0.25) is 0 Å². The fourth-order valence-electron chi connectivity index (χ4n) is 3.71. The van der Waals surface area contributed by atoms with Crippen molar-refractivity contribution in [1.82, 2.24) is 10.7 Å². The van der Waals surface area contributed by atoms with Crippen molar-refractivity contribution < 1.29 is 0 Å². The predicted octanol–water partition coefficient (Wildman–Crippen LogP) is 2.55. The smallest absolute Gasteiger partial charge is 0.206 e. The Labute approximate surface area is 117 Å². The first-order valence-electron chi connectivity index (χ1n) is 8.05. The van der Waals surface area contributed by atoms with Crippen molar-refractivity contribution in [1.29, 1.82) is 0 Å². The van der Waals surface area contributed by atoms with Gasteiger partial charge in [-0.2, -0.15) is 0 Å². The quantitative estimate of drug-likeness (QED) is 0.318. The van der Waals surface area contributed by atoms with Crippen LogP contribution < -0.4 is 16.6 Å². The Hall–Kier alpha value is -0.770. The topological polar surface area (TPSA) is 62.4 Å². The number of nitrogens with two attached hydrogens (primary N) is 1. The van der Waals surface area contributed by atoms with Gasteiger partial charge in [-0.3, -0.25) is 5.43 Å². The molecule has 0 amide bonds. The summed E-state index contributed by atoms with van der Waals surface area (Å²) in [5.74, 6) is 7.96. The molecular formula is C15H30N4. The number of rotatable bonds is 3. The maximum absolute atomic E-state index is 5.64. The average Bonchev–Trinajstić information content (AvgIpc) is 2.80. The second kappa shape index (κ2) is 7.13. The standard InChI is InChI=1S/C15H30N4/c1-3-12-9-10-14(11(12)2)18-15(19-16)17-13-7-5-4-6-8-13/h11-14H,3-10,16H2,1-2H3,(H2,17,18,19). The highest BCUT2D eigenvalue weighted by Gasteiger charge is 2.31. The molecule has 0 aliphatic heterocycles. The minimum Gasteiger partial charge on any atom is -0.353 e. The van der Waals surface area contributed by atoms with Crippen molar-refractivity contribution in [2.24, 2.45) is 22.7 Å². The molecule has 3 unspecified atom stereocenters. The van der Waals surface area contributed by atoms with Gasteiger partial charge in [0.1, 0.15) is 0 Å². The van der Waals surface area contributed by atoms with Gasteiger partial charge in [-0.05, 0) is 37.5 Å². The van der Waals surface area contributed by atoms with E-state index in [-0.39, 0.29) is 0 Å². The summed E-state index contributed by atoms with van der Waals surface area (Å²) < 4.78 is 0. The largest absolute Gasteiger partial charge is 0.353 e. The highest BCUT2D eigenvalue weighted by atomic mass is 15.3. The predicted molar refractivity (Wildman–Crippen MR) is 80.7 cm³/mol. The Morgan fingerprint density at radius 1 is 1.16 bits per heavy atom. The molecule has 2 fully saturated rings. The molecule has 4 nitrogen and oxygen atoms in total. The van der Waals surface area contributed by atoms with Gasteiger partial charge in [-0.15, -0.1) is 0 Å². The summed E-state index contributed by atoms with van der Waals surface area (Å²) in [5, 5.41) is 3.50. The molecule has 19 heavy (non-hydrogen) atoms. The van der Waals surface area contributed by atoms with E-state index in [4.69, 9.17) is 10.8 Å². The number of hydrogen-bond donors (Lipinski definition) is 3. The van der Waals surface area contributed by atoms with Crippen molar-refractivity contribution in [3.63, 3.8) is 0 Å². The first-order valence-corrected chi connectivity index (χ1v) is 8.05. The summed E-state index contributed by atoms with van der Waals surface area (Å²) in [4.78, 5) is 4.84. The van der Waals surface area contributed by atoms with E-state index in [9.17, 15) is 0 Å². The first-order chi connectivity index (χ1) is 9.24. The Morgan fingerprint density at radius 2 is 1.89 bits per heavy atom. The lowest BCUT2D eigenvalue weighted by atomic mass is 9.94. The van der Waals surface area contributed by atoms with Gasteiger partial charge in [-0.25, -0.2) is 10.8 Å². The van der Waals surface area contributed by atoms with Gasteiger partial charge in [0.15, 0.2) is 0 Å². The first kappa shape index (κ1) is 14.6. The minimum absolute atomic E-state index is 0.437. The van der Waals surface area contributed by atoms with Crippen molar-refractivity contribution in [2.75, 3.05) is 0 Å². The number of hydrogen-bond acceptors (Lipinski definition) is 2. The monoisotopic (exact) mass is 266 g/mol. The number of nitrogens with one attached hydrogen (secondary N) is 2. The van der Waals surface area contributed by atoms with Gasteiger partial charge in [0.2, 0.25) is 5.96 Å². The molecule has 110 valence electrons. The van der Waals surface area contributed by atoms with Gasteiger partial charge in [0.05, 0.1) is 6.04 Å². The maximum Gasteiger partial charge on any atom is 0.206 e. The van der Waals surface area contributed by atoms with E-state index in [1.807, 2.05) is 0 Å². The molecule has 2 saturated carbocycles. The van der Waals surface area contributed by atoms with Crippen LogP contribution in [0.5, 0.6) is 0 Å². The zero-order chi connectivity index (χ0) is 13.7. The molecule has 2 rings (SSSR count). The zero-order valence-corrected chi connectivity index (χ0v) is 12.5. The Morgan fingerprint density at radius 3 is 2.47 bits per heavy atom. The third-order valence-corrected chi connectivity index (χ3v) is 5.09. The van der Waals surface area contributed by atoms with Crippen LogP contribution in [-0.2, 0) is 0 Å². The molecule has 2 aliphatic carbocycles. The van der Waals surface area contributed by atoms with Gasteiger partial charge < -0.3 is 5.32 Å². The van der Waals surface area contributed by atoms with Crippen molar-refractivity contribution >= 4 is 5.96 Å². The second-order valence-corrected chi connectivity index (χ2v) is 6.27. The van der Waals surface area contributed by atoms with E-state index < -0.39 is 0 Å². The van der Waals surface area contributed by atoms with Gasteiger partial charge in [0.25, 0.3) is 0 Å². The van der Waals surface area contributed by atoms with Crippen molar-refractivity contribution in [2.45, 2.75) is 77.3 Å². The van der Waals surface area contributed by atoms with Crippen LogP contribution in [0.3, 0.4) is 0 Å². The fraction of sp³-hybridized carbons (Fsp3) is 0.933. The summed E-state index contributed by atoms with van der Waals surface area (Å²) in [6.07, 6.45) is 10.3. The van der Waals surface area contributed by atoms with E-state index >= 15 is 0 Å². The lowest BCUT2D eigenvalue weighted by molar-refractivity contribution is 0.379. The van der Waals surface area contributed by atoms with Crippen LogP contribution in [0.4, 0.5) is 0 Å². The molecule has 0 aromatic rings. The van der Waals surface area contributed by atoms with Gasteiger partial charge in [-0.1, -0.05) is 39.5 Å². The van der Waals surface area contributed by atoms with E-state index in [1.54, 1.807) is 0 Å². The van der Waals surface area contributed by atoms with E-state index in [0.717, 1.165) is 11.9 Å². The van der Waals surface area contributed by atoms with Crippen LogP contribution >= 0.6 is 0 Å². The van der Waals surface area contributed by atoms with Gasteiger partial charge >= 0.3 is 0 Å². The fourth-order valence-corrected chi connectivity index (χ4v) is 3.71. The zero-order valence-electron chi connectivity index (χ0n) is 12.5. The molecule has 0 bridgehead atoms. The molecule has 0 heterocycles. The minimum atomic E-state index is 0.437. The van der Waals surface area contributed by atoms with E-state index in [0.29, 0.717) is 18.0 Å². The van der Waals surface area contributed by atoms with Crippen molar-refractivity contribution in [3.8, 4) is 0 Å². The summed E-state index contributed by atoms with van der Waals surface area (Å²) in [7, 11) is 0. The van der Waals surface area contributed by atoms with Gasteiger partial charge in [0, 0.05) is 6.04 Å². The molecule has 4 heteroatoms. The lowest BCUT2D eigenvalue weighted by Crippen LogP contribution is -2.47. The summed E-state index contributed by atoms with van der Waals surface area (Å²) in [6, 6.07) is 0.995. The number of nitrogens with zero attached hydrogens (tertiary/aromatic N) is 1. The summed E-state index contributed by atoms with van der Waals surface area (Å²) in [6.45, 7) is 4.62. The number of guanidine groups is 1. The van der Waals surface area contributed by atoms with E-state index in [1.165, 1.54) is 51.4 Å². The highest BCUT2D eigenvalue weighted by Crippen LogP contribution is 2.35. The van der Waals surface area contributed by atoms with Crippen LogP contribution in [0, 0.1) is 11.8 Å². The molecule has 2 aliphatic rings. The normalized spacial score (nSPS) is 33.4. The highest BCUT2D eigenvalue weighted by molar-refractivity contribution is 5.79. The second-order valence-electron chi connectivity index (χ2n) is 6.27. The molecule has 4 N–H and O–H groups in total. The van der Waals surface area contributed by atoms with Crippen LogP contribution in [-0.4, -0.2) is 18.0 Å². The van der Waals surface area contributed by atoms with E-state index in [2.05, 4.69) is 24.6 Å².